The average molecular weight is 268 g/mol. The molecule has 0 aliphatic rings. The van der Waals surface area contributed by atoms with Crippen molar-refractivity contribution in [3.63, 3.8) is 0 Å². The first-order chi connectivity index (χ1) is 9.84. The normalized spacial score (nSPS) is 10.8. The van der Waals surface area contributed by atoms with Crippen molar-refractivity contribution in [2.45, 2.75) is 19.5 Å². The summed E-state index contributed by atoms with van der Waals surface area (Å²) >= 11 is 0. The van der Waals surface area contributed by atoms with Gasteiger partial charge < -0.3 is 14.9 Å². The Balaban J connectivity index is 1.72. The van der Waals surface area contributed by atoms with Crippen molar-refractivity contribution in [3.05, 3.63) is 49.6 Å². The smallest absolute Gasteiger partial charge is 0.132 e. The Morgan fingerprint density at radius 1 is 1.10 bits per heavy atom. The zero-order valence-electron chi connectivity index (χ0n) is 11.1. The summed E-state index contributed by atoms with van der Waals surface area (Å²) in [5.74, 6) is 0.531. The van der Waals surface area contributed by atoms with E-state index in [1.807, 2.05) is 37.2 Å². The van der Waals surface area contributed by atoms with Crippen LogP contribution in [0.15, 0.2) is 49.6 Å². The fourth-order valence-electron chi connectivity index (χ4n) is 2.20. The Labute approximate surface area is 116 Å². The zero-order chi connectivity index (χ0) is 13.8. The molecule has 0 radical (unpaired) electrons. The summed E-state index contributed by atoms with van der Waals surface area (Å²) in [5.41, 5.74) is 7.85. The SMILES string of the molecule is Nc1ncccc1-c1cncn1CCCn1ccnc1. The number of hydrogen-bond donors (Lipinski definition) is 1. The van der Waals surface area contributed by atoms with E-state index in [9.17, 15) is 0 Å². The highest BCUT2D eigenvalue weighted by Crippen LogP contribution is 2.23. The number of nitrogens with two attached hydrogens (primary N) is 1. The molecule has 20 heavy (non-hydrogen) atoms. The van der Waals surface area contributed by atoms with Gasteiger partial charge in [0.2, 0.25) is 0 Å². The minimum absolute atomic E-state index is 0.531. The molecule has 6 nitrogen and oxygen atoms in total. The molecule has 0 atom stereocenters. The third-order valence-electron chi connectivity index (χ3n) is 3.20. The number of nitrogen functional groups attached to an aromatic ring is 1. The molecule has 3 aromatic rings. The van der Waals surface area contributed by atoms with Crippen LogP contribution in [-0.2, 0) is 13.1 Å². The highest BCUT2D eigenvalue weighted by atomic mass is 15.1. The van der Waals surface area contributed by atoms with Crippen LogP contribution in [0.3, 0.4) is 0 Å². The van der Waals surface area contributed by atoms with Gasteiger partial charge in [0.1, 0.15) is 5.82 Å². The van der Waals surface area contributed by atoms with Gasteiger partial charge in [-0.2, -0.15) is 0 Å². The first-order valence-electron chi connectivity index (χ1n) is 6.51. The molecule has 0 amide bonds. The van der Waals surface area contributed by atoms with E-state index < -0.39 is 0 Å². The fraction of sp³-hybridized carbons (Fsp3) is 0.214. The first kappa shape index (κ1) is 12.4. The molecule has 0 aliphatic heterocycles. The molecule has 0 bridgehead atoms. The van der Waals surface area contributed by atoms with Crippen LogP contribution < -0.4 is 5.73 Å². The van der Waals surface area contributed by atoms with Crippen molar-refractivity contribution in [1.29, 1.82) is 0 Å². The van der Waals surface area contributed by atoms with Crippen molar-refractivity contribution < 1.29 is 0 Å². The van der Waals surface area contributed by atoms with Crippen LogP contribution in [0.5, 0.6) is 0 Å². The lowest BCUT2D eigenvalue weighted by molar-refractivity contribution is 0.566. The minimum atomic E-state index is 0.531. The molecule has 2 N–H and O–H groups in total. The van der Waals surface area contributed by atoms with Gasteiger partial charge in [0.15, 0.2) is 0 Å². The second-order valence-corrected chi connectivity index (χ2v) is 4.56. The third kappa shape index (κ3) is 2.54. The Morgan fingerprint density at radius 2 is 2.05 bits per heavy atom. The van der Waals surface area contributed by atoms with Crippen molar-refractivity contribution >= 4 is 5.82 Å². The summed E-state index contributed by atoms with van der Waals surface area (Å²) in [6, 6.07) is 3.85. The van der Waals surface area contributed by atoms with E-state index in [0.29, 0.717) is 5.82 Å². The second kappa shape index (κ2) is 5.56. The maximum atomic E-state index is 5.92. The summed E-state index contributed by atoms with van der Waals surface area (Å²) < 4.78 is 4.17. The lowest BCUT2D eigenvalue weighted by Crippen LogP contribution is -2.04. The molecule has 3 heterocycles. The molecule has 6 heteroatoms. The van der Waals surface area contributed by atoms with Crippen LogP contribution in [0.1, 0.15) is 6.42 Å². The Morgan fingerprint density at radius 3 is 2.85 bits per heavy atom. The van der Waals surface area contributed by atoms with Gasteiger partial charge in [-0.25, -0.2) is 15.0 Å². The number of nitrogens with zero attached hydrogens (tertiary/aromatic N) is 5. The van der Waals surface area contributed by atoms with Crippen LogP contribution in [0.25, 0.3) is 11.3 Å². The van der Waals surface area contributed by atoms with Crippen LogP contribution in [0, 0.1) is 0 Å². The van der Waals surface area contributed by atoms with Crippen molar-refractivity contribution in [2.75, 3.05) is 5.73 Å². The molecular formula is C14H16N6. The molecule has 0 spiro atoms. The maximum Gasteiger partial charge on any atom is 0.132 e. The van der Waals surface area contributed by atoms with E-state index in [1.165, 1.54) is 0 Å². The second-order valence-electron chi connectivity index (χ2n) is 4.56. The van der Waals surface area contributed by atoms with Crippen LogP contribution in [0.2, 0.25) is 0 Å². The van der Waals surface area contributed by atoms with Gasteiger partial charge in [-0.15, -0.1) is 0 Å². The average Bonchev–Trinajstić information content (AvgIpc) is 3.11. The number of anilines is 1. The Bertz CT molecular complexity index is 671. The molecule has 0 aromatic carbocycles. The number of rotatable bonds is 5. The van der Waals surface area contributed by atoms with Crippen LogP contribution >= 0.6 is 0 Å². The van der Waals surface area contributed by atoms with Gasteiger partial charge in [-0.05, 0) is 18.6 Å². The molecule has 102 valence electrons. The van der Waals surface area contributed by atoms with E-state index in [2.05, 4.69) is 24.1 Å². The molecular weight excluding hydrogens is 252 g/mol. The molecule has 3 rings (SSSR count). The predicted molar refractivity (Wildman–Crippen MR) is 76.7 cm³/mol. The van der Waals surface area contributed by atoms with Gasteiger partial charge >= 0.3 is 0 Å². The first-order valence-corrected chi connectivity index (χ1v) is 6.51. The van der Waals surface area contributed by atoms with E-state index in [-0.39, 0.29) is 0 Å². The summed E-state index contributed by atoms with van der Waals surface area (Å²) in [7, 11) is 0. The third-order valence-corrected chi connectivity index (χ3v) is 3.20. The molecule has 0 saturated heterocycles. The molecule has 0 aliphatic carbocycles. The summed E-state index contributed by atoms with van der Waals surface area (Å²) in [6.07, 6.45) is 11.9. The summed E-state index contributed by atoms with van der Waals surface area (Å²) in [5, 5.41) is 0. The number of imidazole rings is 2. The predicted octanol–water partition coefficient (Wildman–Crippen LogP) is 1.81. The maximum absolute atomic E-state index is 5.92. The molecule has 0 saturated carbocycles. The van der Waals surface area contributed by atoms with Gasteiger partial charge in [0.05, 0.1) is 24.5 Å². The van der Waals surface area contributed by atoms with E-state index in [0.717, 1.165) is 30.8 Å². The molecule has 3 aromatic heterocycles. The standard InChI is InChI=1S/C14H16N6/c15-14-12(3-1-4-18-14)13-9-17-11-20(13)7-2-6-19-8-5-16-10-19/h1,3-5,8-11H,2,6-7H2,(H2,15,18). The van der Waals surface area contributed by atoms with Crippen molar-refractivity contribution in [1.82, 2.24) is 24.1 Å². The zero-order valence-corrected chi connectivity index (χ0v) is 11.1. The van der Waals surface area contributed by atoms with Gasteiger partial charge in [-0.1, -0.05) is 0 Å². The van der Waals surface area contributed by atoms with Crippen LogP contribution in [-0.4, -0.2) is 24.1 Å². The lowest BCUT2D eigenvalue weighted by atomic mass is 10.2. The lowest BCUT2D eigenvalue weighted by Gasteiger charge is -2.09. The van der Waals surface area contributed by atoms with E-state index in [4.69, 9.17) is 5.73 Å². The van der Waals surface area contributed by atoms with Crippen molar-refractivity contribution in [3.8, 4) is 11.3 Å². The minimum Gasteiger partial charge on any atom is -0.383 e. The van der Waals surface area contributed by atoms with Gasteiger partial charge in [0, 0.05) is 37.2 Å². The number of aryl methyl sites for hydroxylation is 2. The molecule has 0 unspecified atom stereocenters. The fourth-order valence-corrected chi connectivity index (χ4v) is 2.20. The number of aromatic nitrogens is 5. The monoisotopic (exact) mass is 268 g/mol. The highest BCUT2D eigenvalue weighted by molar-refractivity contribution is 5.70. The van der Waals surface area contributed by atoms with Gasteiger partial charge in [-0.3, -0.25) is 0 Å². The largest absolute Gasteiger partial charge is 0.383 e. The Hall–Kier alpha value is -2.63. The summed E-state index contributed by atoms with van der Waals surface area (Å²) in [6.45, 7) is 1.81. The van der Waals surface area contributed by atoms with E-state index >= 15 is 0 Å². The molecule has 0 fully saturated rings. The van der Waals surface area contributed by atoms with Gasteiger partial charge in [0.25, 0.3) is 0 Å². The summed E-state index contributed by atoms with van der Waals surface area (Å²) in [4.78, 5) is 12.4. The Kier molecular flexibility index (Phi) is 3.45. The van der Waals surface area contributed by atoms with Crippen LogP contribution in [0.4, 0.5) is 5.82 Å². The quantitative estimate of drug-likeness (QED) is 0.766. The highest BCUT2D eigenvalue weighted by Gasteiger charge is 2.08. The topological polar surface area (TPSA) is 74.5 Å². The number of hydrogen-bond acceptors (Lipinski definition) is 4. The van der Waals surface area contributed by atoms with E-state index in [1.54, 1.807) is 12.4 Å². The number of pyridine rings is 1. The van der Waals surface area contributed by atoms with Crippen molar-refractivity contribution in [2.24, 2.45) is 0 Å².